The summed E-state index contributed by atoms with van der Waals surface area (Å²) in [6.45, 7) is 7.18. The van der Waals surface area contributed by atoms with Crippen LogP contribution in [0.25, 0.3) is 0 Å². The fourth-order valence-corrected chi connectivity index (χ4v) is 2.88. The number of nitrogen functional groups attached to an aromatic ring is 1. The summed E-state index contributed by atoms with van der Waals surface area (Å²) < 4.78 is 0. The van der Waals surface area contributed by atoms with Crippen LogP contribution >= 0.6 is 0 Å². The van der Waals surface area contributed by atoms with Gasteiger partial charge in [-0.3, -0.25) is 9.88 Å². The second-order valence-corrected chi connectivity index (χ2v) is 5.93. The van der Waals surface area contributed by atoms with Gasteiger partial charge in [-0.25, -0.2) is 0 Å². The Bertz CT molecular complexity index is 601. The predicted octanol–water partition coefficient (Wildman–Crippen LogP) is 2.96. The molecule has 0 radical (unpaired) electrons. The molecular weight excluding hydrogens is 286 g/mol. The van der Waals surface area contributed by atoms with Crippen LogP contribution in [0.15, 0.2) is 42.5 Å². The van der Waals surface area contributed by atoms with Crippen LogP contribution in [-0.4, -0.2) is 34.7 Å². The van der Waals surface area contributed by atoms with Crippen molar-refractivity contribution in [2.45, 2.75) is 32.7 Å². The summed E-state index contributed by atoms with van der Waals surface area (Å²) in [7, 11) is 0. The molecule has 0 saturated carbocycles. The number of nitrogens with two attached hydrogens (primary N) is 1. The van der Waals surface area contributed by atoms with Gasteiger partial charge < -0.3 is 10.8 Å². The van der Waals surface area contributed by atoms with Crippen molar-refractivity contribution in [3.05, 3.63) is 59.4 Å². The van der Waals surface area contributed by atoms with Gasteiger partial charge in [-0.05, 0) is 44.5 Å². The van der Waals surface area contributed by atoms with Crippen molar-refractivity contribution in [2.24, 2.45) is 0 Å². The number of hydrogen-bond acceptors (Lipinski definition) is 4. The standard InChI is InChI=1S/C17H21N3.C2H6O/c1-13-16(18)7-8-17(19-13)15-9-10-20(12-15)11-14-5-3-2-4-6-14;1-2-3/h2-8,15H,9-12,18H2,1H3;3H,2H2,1H3. The highest BCUT2D eigenvalue weighted by molar-refractivity contribution is 5.42. The highest BCUT2D eigenvalue weighted by Gasteiger charge is 2.24. The quantitative estimate of drug-likeness (QED) is 0.914. The maximum atomic E-state index is 7.57. The third-order valence-electron chi connectivity index (χ3n) is 4.09. The maximum absolute atomic E-state index is 7.57. The zero-order valence-corrected chi connectivity index (χ0v) is 14.1. The van der Waals surface area contributed by atoms with E-state index in [1.165, 1.54) is 17.7 Å². The van der Waals surface area contributed by atoms with Gasteiger partial charge in [-0.1, -0.05) is 30.3 Å². The summed E-state index contributed by atoms with van der Waals surface area (Å²) in [5.41, 5.74) is 10.1. The first-order valence-corrected chi connectivity index (χ1v) is 8.24. The molecule has 2 aromatic rings. The van der Waals surface area contributed by atoms with Crippen molar-refractivity contribution in [3.8, 4) is 0 Å². The van der Waals surface area contributed by atoms with E-state index in [0.717, 1.165) is 31.0 Å². The third-order valence-corrected chi connectivity index (χ3v) is 4.09. The normalized spacial score (nSPS) is 17.6. The molecule has 1 aromatic heterocycles. The smallest absolute Gasteiger partial charge is 0.0605 e. The van der Waals surface area contributed by atoms with Gasteiger partial charge in [-0.15, -0.1) is 0 Å². The van der Waals surface area contributed by atoms with Crippen molar-refractivity contribution >= 4 is 5.69 Å². The average Bonchev–Trinajstić information content (AvgIpc) is 3.00. The first kappa shape index (κ1) is 17.4. The van der Waals surface area contributed by atoms with Crippen molar-refractivity contribution in [3.63, 3.8) is 0 Å². The summed E-state index contributed by atoms with van der Waals surface area (Å²) in [5, 5.41) is 7.57. The molecule has 0 amide bonds. The molecule has 0 spiro atoms. The molecule has 1 unspecified atom stereocenters. The van der Waals surface area contributed by atoms with Gasteiger partial charge in [-0.2, -0.15) is 0 Å². The van der Waals surface area contributed by atoms with E-state index >= 15 is 0 Å². The molecule has 1 aliphatic rings. The molecule has 3 rings (SSSR count). The number of likely N-dealkylation sites (tertiary alicyclic amines) is 1. The van der Waals surface area contributed by atoms with E-state index in [1.807, 2.05) is 13.0 Å². The van der Waals surface area contributed by atoms with E-state index in [-0.39, 0.29) is 6.61 Å². The first-order chi connectivity index (χ1) is 11.1. The molecule has 1 aliphatic heterocycles. The number of hydrogen-bond donors (Lipinski definition) is 2. The van der Waals surface area contributed by atoms with Gasteiger partial charge in [0, 0.05) is 31.3 Å². The minimum absolute atomic E-state index is 0.250. The summed E-state index contributed by atoms with van der Waals surface area (Å²) in [6, 6.07) is 14.7. The van der Waals surface area contributed by atoms with Crippen molar-refractivity contribution in [1.82, 2.24) is 9.88 Å². The molecule has 124 valence electrons. The number of aryl methyl sites for hydroxylation is 1. The van der Waals surface area contributed by atoms with E-state index in [9.17, 15) is 0 Å². The minimum atomic E-state index is 0.250. The maximum Gasteiger partial charge on any atom is 0.0605 e. The summed E-state index contributed by atoms with van der Waals surface area (Å²) in [6.07, 6.45) is 1.18. The Morgan fingerprint density at radius 1 is 1.22 bits per heavy atom. The lowest BCUT2D eigenvalue weighted by molar-refractivity contribution is 0.318. The second-order valence-electron chi connectivity index (χ2n) is 5.93. The molecule has 0 bridgehead atoms. The van der Waals surface area contributed by atoms with E-state index in [2.05, 4.69) is 46.3 Å². The first-order valence-electron chi connectivity index (χ1n) is 8.24. The second kappa shape index (κ2) is 8.65. The number of aliphatic hydroxyl groups is 1. The van der Waals surface area contributed by atoms with E-state index in [4.69, 9.17) is 10.8 Å². The largest absolute Gasteiger partial charge is 0.397 e. The van der Waals surface area contributed by atoms with Gasteiger partial charge in [0.15, 0.2) is 0 Å². The van der Waals surface area contributed by atoms with Crippen molar-refractivity contribution in [2.75, 3.05) is 25.4 Å². The Hall–Kier alpha value is -1.91. The number of nitrogens with zero attached hydrogens (tertiary/aromatic N) is 2. The number of rotatable bonds is 3. The molecule has 0 aliphatic carbocycles. The molecule has 2 heterocycles. The molecule has 1 saturated heterocycles. The molecule has 3 N–H and O–H groups in total. The zero-order chi connectivity index (χ0) is 16.7. The van der Waals surface area contributed by atoms with Gasteiger partial charge in [0.2, 0.25) is 0 Å². The summed E-state index contributed by atoms with van der Waals surface area (Å²) in [4.78, 5) is 7.15. The SMILES string of the molecule is CCO.Cc1nc(C2CCN(Cc3ccccc3)C2)ccc1N. The fourth-order valence-electron chi connectivity index (χ4n) is 2.88. The van der Waals surface area contributed by atoms with Gasteiger partial charge in [0.1, 0.15) is 0 Å². The Kier molecular flexibility index (Phi) is 6.56. The third kappa shape index (κ3) is 5.05. The molecule has 1 aromatic carbocycles. The van der Waals surface area contributed by atoms with Crippen LogP contribution in [0.4, 0.5) is 5.69 Å². The Morgan fingerprint density at radius 3 is 2.57 bits per heavy atom. The van der Waals surface area contributed by atoms with Crippen LogP contribution in [0.3, 0.4) is 0 Å². The van der Waals surface area contributed by atoms with Crippen LogP contribution in [0.2, 0.25) is 0 Å². The Balaban J connectivity index is 0.000000595. The zero-order valence-electron chi connectivity index (χ0n) is 14.1. The lowest BCUT2D eigenvalue weighted by Crippen LogP contribution is -2.19. The van der Waals surface area contributed by atoms with Crippen LogP contribution in [0.1, 0.15) is 36.2 Å². The predicted molar refractivity (Wildman–Crippen MR) is 95.2 cm³/mol. The number of aromatic nitrogens is 1. The molecule has 1 atom stereocenters. The van der Waals surface area contributed by atoms with Crippen LogP contribution in [0.5, 0.6) is 0 Å². The van der Waals surface area contributed by atoms with Gasteiger partial charge >= 0.3 is 0 Å². The Labute approximate surface area is 139 Å². The fraction of sp³-hybridized carbons (Fsp3) is 0.421. The van der Waals surface area contributed by atoms with E-state index in [0.29, 0.717) is 5.92 Å². The average molecular weight is 313 g/mol. The highest BCUT2D eigenvalue weighted by atomic mass is 16.2. The van der Waals surface area contributed by atoms with Crippen LogP contribution in [0, 0.1) is 6.92 Å². The minimum Gasteiger partial charge on any atom is -0.397 e. The van der Waals surface area contributed by atoms with Gasteiger partial charge in [0.25, 0.3) is 0 Å². The van der Waals surface area contributed by atoms with Crippen LogP contribution < -0.4 is 5.73 Å². The van der Waals surface area contributed by atoms with Crippen molar-refractivity contribution < 1.29 is 5.11 Å². The molecule has 4 nitrogen and oxygen atoms in total. The molecule has 1 fully saturated rings. The topological polar surface area (TPSA) is 62.4 Å². The lowest BCUT2D eigenvalue weighted by atomic mass is 10.0. The Morgan fingerprint density at radius 2 is 1.91 bits per heavy atom. The molecule has 23 heavy (non-hydrogen) atoms. The van der Waals surface area contributed by atoms with Crippen molar-refractivity contribution in [1.29, 1.82) is 0 Å². The van der Waals surface area contributed by atoms with E-state index in [1.54, 1.807) is 6.92 Å². The number of benzene rings is 1. The van der Waals surface area contributed by atoms with Crippen LogP contribution in [-0.2, 0) is 6.54 Å². The summed E-state index contributed by atoms with van der Waals surface area (Å²) in [5.74, 6) is 0.540. The van der Waals surface area contributed by atoms with E-state index < -0.39 is 0 Å². The van der Waals surface area contributed by atoms with Gasteiger partial charge in [0.05, 0.1) is 11.4 Å². The highest BCUT2D eigenvalue weighted by Crippen LogP contribution is 2.27. The lowest BCUT2D eigenvalue weighted by Gasteiger charge is -2.16. The molecular formula is C19H27N3O. The number of anilines is 1. The number of pyridine rings is 1. The monoisotopic (exact) mass is 313 g/mol. The number of aliphatic hydroxyl groups excluding tert-OH is 1. The molecule has 4 heteroatoms. The summed E-state index contributed by atoms with van der Waals surface area (Å²) >= 11 is 0.